The van der Waals surface area contributed by atoms with Gasteiger partial charge in [0.15, 0.2) is 0 Å². The average Bonchev–Trinajstić information content (AvgIpc) is 2.54. The molecule has 0 aliphatic carbocycles. The van der Waals surface area contributed by atoms with E-state index < -0.39 is 5.60 Å². The maximum atomic E-state index is 12.4. The molecule has 2 rings (SSSR count). The second-order valence-electron chi connectivity index (χ2n) is 7.63. The Kier molecular flexibility index (Phi) is 6.45. The van der Waals surface area contributed by atoms with Crippen molar-refractivity contribution >= 4 is 12.0 Å². The molecule has 1 N–H and O–H groups in total. The van der Waals surface area contributed by atoms with Crippen LogP contribution in [0.15, 0.2) is 24.3 Å². The summed E-state index contributed by atoms with van der Waals surface area (Å²) in [7, 11) is 0. The van der Waals surface area contributed by atoms with Gasteiger partial charge in [0.25, 0.3) is 0 Å². The number of benzene rings is 1. The third-order valence-electron chi connectivity index (χ3n) is 4.29. The molecule has 5 heteroatoms. The summed E-state index contributed by atoms with van der Waals surface area (Å²) in [5.41, 5.74) is 1.77. The van der Waals surface area contributed by atoms with Gasteiger partial charge in [-0.05, 0) is 51.2 Å². The molecule has 25 heavy (non-hydrogen) atoms. The number of nitrogens with zero attached hydrogens (tertiary/aromatic N) is 1. The first-order valence-electron chi connectivity index (χ1n) is 9.12. The number of piperidine rings is 1. The van der Waals surface area contributed by atoms with Gasteiger partial charge in [-0.3, -0.25) is 4.79 Å². The highest BCUT2D eigenvalue weighted by molar-refractivity contribution is 5.79. The lowest BCUT2D eigenvalue weighted by Crippen LogP contribution is -2.51. The van der Waals surface area contributed by atoms with Crippen molar-refractivity contribution in [2.75, 3.05) is 13.1 Å². The van der Waals surface area contributed by atoms with Gasteiger partial charge in [0.05, 0.1) is 6.42 Å². The minimum absolute atomic E-state index is 0.0111. The molecule has 0 spiro atoms. The Morgan fingerprint density at radius 1 is 1.24 bits per heavy atom. The monoisotopic (exact) mass is 346 g/mol. The summed E-state index contributed by atoms with van der Waals surface area (Å²) in [5.74, 6) is 0.0111. The number of rotatable bonds is 4. The molecule has 1 aromatic rings. The normalized spacial score (nSPS) is 17.9. The summed E-state index contributed by atoms with van der Waals surface area (Å²) in [6.45, 7) is 8.87. The molecule has 1 unspecified atom stereocenters. The number of carbonyl (C=O) groups is 2. The van der Waals surface area contributed by atoms with E-state index in [2.05, 4.69) is 18.3 Å². The predicted octanol–water partition coefficient (Wildman–Crippen LogP) is 3.31. The SMILES string of the molecule is CCc1ccccc1CC(=O)NC1CCCN(C(=O)OC(C)(C)C)C1. The molecular weight excluding hydrogens is 316 g/mol. The van der Waals surface area contributed by atoms with Gasteiger partial charge in [0, 0.05) is 19.1 Å². The molecule has 1 atom stereocenters. The van der Waals surface area contributed by atoms with E-state index >= 15 is 0 Å². The summed E-state index contributed by atoms with van der Waals surface area (Å²) in [6, 6.07) is 8.02. The van der Waals surface area contributed by atoms with Crippen LogP contribution in [0, 0.1) is 0 Å². The lowest BCUT2D eigenvalue weighted by atomic mass is 10.0. The number of hydrogen-bond acceptors (Lipinski definition) is 3. The van der Waals surface area contributed by atoms with E-state index in [4.69, 9.17) is 4.74 Å². The third kappa shape index (κ3) is 6.07. The van der Waals surface area contributed by atoms with Crippen molar-refractivity contribution in [1.29, 1.82) is 0 Å². The van der Waals surface area contributed by atoms with E-state index in [-0.39, 0.29) is 18.0 Å². The zero-order valence-electron chi connectivity index (χ0n) is 15.8. The van der Waals surface area contributed by atoms with Crippen LogP contribution in [0.2, 0.25) is 0 Å². The molecule has 1 aliphatic heterocycles. The van der Waals surface area contributed by atoms with Crippen molar-refractivity contribution in [3.8, 4) is 0 Å². The van der Waals surface area contributed by atoms with E-state index in [0.717, 1.165) is 24.8 Å². The first-order valence-corrected chi connectivity index (χ1v) is 9.12. The van der Waals surface area contributed by atoms with Crippen LogP contribution < -0.4 is 5.32 Å². The van der Waals surface area contributed by atoms with Crippen molar-refractivity contribution in [2.24, 2.45) is 0 Å². The van der Waals surface area contributed by atoms with Crippen LogP contribution in [-0.2, 0) is 22.4 Å². The smallest absolute Gasteiger partial charge is 0.410 e. The van der Waals surface area contributed by atoms with Gasteiger partial charge in [-0.15, -0.1) is 0 Å². The second-order valence-corrected chi connectivity index (χ2v) is 7.63. The zero-order valence-corrected chi connectivity index (χ0v) is 15.8. The second kappa shape index (κ2) is 8.37. The molecule has 0 aromatic heterocycles. The number of amides is 2. The molecule has 1 saturated heterocycles. The van der Waals surface area contributed by atoms with E-state index in [1.165, 1.54) is 5.56 Å². The van der Waals surface area contributed by atoms with Crippen molar-refractivity contribution in [3.05, 3.63) is 35.4 Å². The topological polar surface area (TPSA) is 58.6 Å². The van der Waals surface area contributed by atoms with Gasteiger partial charge in [0.1, 0.15) is 5.60 Å². The molecule has 1 aliphatic rings. The van der Waals surface area contributed by atoms with Crippen LogP contribution in [0.5, 0.6) is 0 Å². The van der Waals surface area contributed by atoms with Crippen molar-refractivity contribution in [2.45, 2.75) is 65.0 Å². The van der Waals surface area contributed by atoms with Crippen molar-refractivity contribution in [3.63, 3.8) is 0 Å². The Morgan fingerprint density at radius 3 is 2.56 bits per heavy atom. The zero-order chi connectivity index (χ0) is 18.4. The van der Waals surface area contributed by atoms with Crippen LogP contribution in [0.4, 0.5) is 4.79 Å². The Morgan fingerprint density at radius 2 is 1.92 bits per heavy atom. The van der Waals surface area contributed by atoms with Crippen LogP contribution in [-0.4, -0.2) is 41.6 Å². The van der Waals surface area contributed by atoms with Gasteiger partial charge in [-0.1, -0.05) is 31.2 Å². The first-order chi connectivity index (χ1) is 11.8. The number of hydrogen-bond donors (Lipinski definition) is 1. The summed E-state index contributed by atoms with van der Waals surface area (Å²) in [6.07, 6.45) is 2.76. The molecule has 138 valence electrons. The number of ether oxygens (including phenoxy) is 1. The molecule has 0 bridgehead atoms. The highest BCUT2D eigenvalue weighted by Crippen LogP contribution is 2.16. The summed E-state index contributed by atoms with van der Waals surface area (Å²) in [5, 5.41) is 3.08. The highest BCUT2D eigenvalue weighted by Gasteiger charge is 2.28. The molecule has 2 amide bonds. The van der Waals surface area contributed by atoms with E-state index in [0.29, 0.717) is 19.5 Å². The van der Waals surface area contributed by atoms with Gasteiger partial charge >= 0.3 is 6.09 Å². The van der Waals surface area contributed by atoms with E-state index in [9.17, 15) is 9.59 Å². The fourth-order valence-corrected chi connectivity index (χ4v) is 3.11. The predicted molar refractivity (Wildman–Crippen MR) is 98.5 cm³/mol. The quantitative estimate of drug-likeness (QED) is 0.910. The van der Waals surface area contributed by atoms with Crippen LogP contribution in [0.25, 0.3) is 0 Å². The maximum absolute atomic E-state index is 12.4. The third-order valence-corrected chi connectivity index (χ3v) is 4.29. The lowest BCUT2D eigenvalue weighted by Gasteiger charge is -2.34. The minimum Gasteiger partial charge on any atom is -0.444 e. The summed E-state index contributed by atoms with van der Waals surface area (Å²) < 4.78 is 5.43. The molecule has 5 nitrogen and oxygen atoms in total. The summed E-state index contributed by atoms with van der Waals surface area (Å²) >= 11 is 0. The van der Waals surface area contributed by atoms with E-state index in [1.54, 1.807) is 4.90 Å². The van der Waals surface area contributed by atoms with Gasteiger partial charge in [-0.2, -0.15) is 0 Å². The van der Waals surface area contributed by atoms with Crippen molar-refractivity contribution in [1.82, 2.24) is 10.2 Å². The van der Waals surface area contributed by atoms with Crippen LogP contribution >= 0.6 is 0 Å². The number of nitrogens with one attached hydrogen (secondary N) is 1. The molecule has 1 heterocycles. The standard InChI is InChI=1S/C20H30N2O3/c1-5-15-9-6-7-10-16(15)13-18(23)21-17-11-8-12-22(14-17)19(24)25-20(2,3)4/h6-7,9-10,17H,5,8,11-14H2,1-4H3,(H,21,23). The Balaban J connectivity index is 1.89. The highest BCUT2D eigenvalue weighted by atomic mass is 16.6. The molecule has 1 fully saturated rings. The Bertz CT molecular complexity index is 607. The molecule has 1 aromatic carbocycles. The van der Waals surface area contributed by atoms with Crippen LogP contribution in [0.3, 0.4) is 0 Å². The largest absolute Gasteiger partial charge is 0.444 e. The van der Waals surface area contributed by atoms with Gasteiger partial charge in [0.2, 0.25) is 5.91 Å². The molecule has 0 saturated carbocycles. The number of aryl methyl sites for hydroxylation is 1. The van der Waals surface area contributed by atoms with E-state index in [1.807, 2.05) is 39.0 Å². The molecular formula is C20H30N2O3. The first kappa shape index (κ1) is 19.3. The van der Waals surface area contributed by atoms with Gasteiger partial charge < -0.3 is 15.0 Å². The Labute approximate surface area is 150 Å². The fourth-order valence-electron chi connectivity index (χ4n) is 3.11. The maximum Gasteiger partial charge on any atom is 0.410 e. The number of carbonyl (C=O) groups excluding carboxylic acids is 2. The molecule has 0 radical (unpaired) electrons. The average molecular weight is 346 g/mol. The fraction of sp³-hybridized carbons (Fsp3) is 0.600. The number of likely N-dealkylation sites (tertiary alicyclic amines) is 1. The van der Waals surface area contributed by atoms with Gasteiger partial charge in [-0.25, -0.2) is 4.79 Å². The summed E-state index contributed by atoms with van der Waals surface area (Å²) in [4.78, 5) is 26.3. The minimum atomic E-state index is -0.503. The van der Waals surface area contributed by atoms with Crippen LogP contribution in [0.1, 0.15) is 51.7 Å². The lowest BCUT2D eigenvalue weighted by molar-refractivity contribution is -0.121. The van der Waals surface area contributed by atoms with Crippen molar-refractivity contribution < 1.29 is 14.3 Å². The Hall–Kier alpha value is -2.04.